The predicted octanol–water partition coefficient (Wildman–Crippen LogP) is 1.44. The number of carboxylic acid groups (broad SMARTS) is 1. The monoisotopic (exact) mass is 240 g/mol. The maximum Gasteiger partial charge on any atom is 0.408 e. The van der Waals surface area contributed by atoms with Gasteiger partial charge in [0.2, 0.25) is 5.91 Å². The van der Waals surface area contributed by atoms with Crippen LogP contribution in [0, 0.1) is 5.92 Å². The smallest absolute Gasteiger partial charge is 0.408 e. The Kier molecular flexibility index (Phi) is 3.86. The highest BCUT2D eigenvalue weighted by Crippen LogP contribution is 2.28. The Morgan fingerprint density at radius 1 is 1.41 bits per heavy atom. The summed E-state index contributed by atoms with van der Waals surface area (Å²) in [4.78, 5) is 23.5. The normalized spacial score (nSPS) is 24.2. The molecule has 0 aromatic heterocycles. The molecule has 96 valence electrons. The lowest BCUT2D eigenvalue weighted by Crippen LogP contribution is -2.63. The minimum absolute atomic E-state index is 0.159. The van der Waals surface area contributed by atoms with Crippen molar-refractivity contribution in [2.24, 2.45) is 5.92 Å². The van der Waals surface area contributed by atoms with Crippen molar-refractivity contribution in [2.45, 2.75) is 44.6 Å². The highest BCUT2D eigenvalue weighted by atomic mass is 16.4. The van der Waals surface area contributed by atoms with Gasteiger partial charge in [0.05, 0.1) is 0 Å². The Morgan fingerprint density at radius 2 is 2.12 bits per heavy atom. The van der Waals surface area contributed by atoms with Crippen LogP contribution < -0.4 is 5.32 Å². The highest BCUT2D eigenvalue weighted by Gasteiger charge is 2.36. The van der Waals surface area contributed by atoms with Gasteiger partial charge in [0.15, 0.2) is 0 Å². The van der Waals surface area contributed by atoms with Gasteiger partial charge >= 0.3 is 6.09 Å². The quantitative estimate of drug-likeness (QED) is 0.714. The van der Waals surface area contributed by atoms with E-state index in [2.05, 4.69) is 5.32 Å². The zero-order chi connectivity index (χ0) is 12.3. The third kappa shape index (κ3) is 2.90. The van der Waals surface area contributed by atoms with E-state index in [4.69, 9.17) is 5.11 Å². The third-order valence-electron chi connectivity index (χ3n) is 3.88. The fourth-order valence-corrected chi connectivity index (χ4v) is 2.76. The van der Waals surface area contributed by atoms with Crippen LogP contribution in [-0.4, -0.2) is 41.1 Å². The molecule has 1 atom stereocenters. The van der Waals surface area contributed by atoms with Crippen molar-refractivity contribution in [1.82, 2.24) is 10.2 Å². The van der Waals surface area contributed by atoms with E-state index in [0.29, 0.717) is 13.1 Å². The number of carbonyl (C=O) groups is 2. The Hall–Kier alpha value is -1.26. The summed E-state index contributed by atoms with van der Waals surface area (Å²) in [5.74, 6) is 0.620. The van der Waals surface area contributed by atoms with Gasteiger partial charge in [0, 0.05) is 13.1 Å². The molecule has 1 aliphatic heterocycles. The summed E-state index contributed by atoms with van der Waals surface area (Å²) in [6.45, 7) is 0.957. The van der Waals surface area contributed by atoms with Crippen LogP contribution in [0.5, 0.6) is 0 Å². The average molecular weight is 240 g/mol. The molecule has 2 aliphatic rings. The zero-order valence-electron chi connectivity index (χ0n) is 10.0. The van der Waals surface area contributed by atoms with Crippen molar-refractivity contribution in [3.05, 3.63) is 0 Å². The van der Waals surface area contributed by atoms with E-state index in [9.17, 15) is 9.59 Å². The standard InChI is InChI=1S/C12H20N2O3/c15-11-10(8-13-11)14(12(16)17)7-3-6-9-4-1-2-5-9/h9-10H,1-8H2,(H,13,15)(H,16,17). The fourth-order valence-electron chi connectivity index (χ4n) is 2.76. The molecule has 1 saturated carbocycles. The summed E-state index contributed by atoms with van der Waals surface area (Å²) in [6, 6.07) is -0.448. The molecule has 0 radical (unpaired) electrons. The lowest BCUT2D eigenvalue weighted by molar-refractivity contribution is -0.132. The Bertz CT molecular complexity index is 300. The first kappa shape index (κ1) is 12.2. The SMILES string of the molecule is O=C1NCC1N(CCCC1CCCC1)C(=O)O. The molecule has 5 nitrogen and oxygen atoms in total. The second-order valence-corrected chi connectivity index (χ2v) is 5.03. The van der Waals surface area contributed by atoms with Gasteiger partial charge in [-0.05, 0) is 18.8 Å². The van der Waals surface area contributed by atoms with Crippen molar-refractivity contribution >= 4 is 12.0 Å². The maximum absolute atomic E-state index is 11.2. The number of β-lactam (4-membered cyclic amide) rings is 1. The molecule has 2 rings (SSSR count). The van der Waals surface area contributed by atoms with Crippen LogP contribution in [-0.2, 0) is 4.79 Å². The summed E-state index contributed by atoms with van der Waals surface area (Å²) in [7, 11) is 0. The Labute approximate surface area is 101 Å². The molecule has 0 spiro atoms. The zero-order valence-corrected chi connectivity index (χ0v) is 10.0. The molecule has 1 saturated heterocycles. The van der Waals surface area contributed by atoms with Gasteiger partial charge in [-0.2, -0.15) is 0 Å². The van der Waals surface area contributed by atoms with Crippen LogP contribution in [0.1, 0.15) is 38.5 Å². The van der Waals surface area contributed by atoms with E-state index in [-0.39, 0.29) is 5.91 Å². The van der Waals surface area contributed by atoms with Crippen LogP contribution in [0.4, 0.5) is 4.79 Å². The van der Waals surface area contributed by atoms with Crippen LogP contribution >= 0.6 is 0 Å². The number of hydrogen-bond donors (Lipinski definition) is 2. The second kappa shape index (κ2) is 5.38. The van der Waals surface area contributed by atoms with Crippen molar-refractivity contribution in [1.29, 1.82) is 0 Å². The molecule has 1 heterocycles. The summed E-state index contributed by atoms with van der Waals surface area (Å²) in [5, 5.41) is 11.6. The minimum Gasteiger partial charge on any atom is -0.465 e. The summed E-state index contributed by atoms with van der Waals surface area (Å²) in [6.07, 6.45) is 6.21. The average Bonchev–Trinajstić information content (AvgIpc) is 2.78. The molecule has 5 heteroatoms. The van der Waals surface area contributed by atoms with Gasteiger partial charge in [-0.15, -0.1) is 0 Å². The first-order valence-electron chi connectivity index (χ1n) is 6.46. The number of nitrogens with zero attached hydrogens (tertiary/aromatic N) is 1. The third-order valence-corrected chi connectivity index (χ3v) is 3.88. The van der Waals surface area contributed by atoms with Gasteiger partial charge in [0.1, 0.15) is 6.04 Å². The molecule has 2 fully saturated rings. The maximum atomic E-state index is 11.2. The van der Waals surface area contributed by atoms with Crippen molar-refractivity contribution in [3.63, 3.8) is 0 Å². The van der Waals surface area contributed by atoms with Gasteiger partial charge < -0.3 is 10.4 Å². The molecule has 2 N–H and O–H groups in total. The molecule has 1 unspecified atom stereocenters. The number of nitrogens with one attached hydrogen (secondary N) is 1. The van der Waals surface area contributed by atoms with Crippen molar-refractivity contribution in [3.8, 4) is 0 Å². The molecule has 0 aromatic rings. The topological polar surface area (TPSA) is 69.6 Å². The van der Waals surface area contributed by atoms with Crippen LogP contribution in [0.3, 0.4) is 0 Å². The Morgan fingerprint density at radius 3 is 2.59 bits per heavy atom. The van der Waals surface area contributed by atoms with E-state index in [1.807, 2.05) is 0 Å². The van der Waals surface area contributed by atoms with E-state index in [1.165, 1.54) is 30.6 Å². The van der Waals surface area contributed by atoms with Crippen LogP contribution in [0.2, 0.25) is 0 Å². The van der Waals surface area contributed by atoms with Crippen molar-refractivity contribution in [2.75, 3.05) is 13.1 Å². The first-order chi connectivity index (χ1) is 8.18. The minimum atomic E-state index is -0.976. The molecular weight excluding hydrogens is 220 g/mol. The van der Waals surface area contributed by atoms with E-state index >= 15 is 0 Å². The molecular formula is C12H20N2O3. The molecule has 0 bridgehead atoms. The number of carbonyl (C=O) groups excluding carboxylic acids is 1. The molecule has 0 aromatic carbocycles. The summed E-state index contributed by atoms with van der Waals surface area (Å²) >= 11 is 0. The van der Waals surface area contributed by atoms with Gasteiger partial charge in [-0.1, -0.05) is 25.7 Å². The highest BCUT2D eigenvalue weighted by molar-refractivity contribution is 5.90. The Balaban J connectivity index is 1.73. The first-order valence-corrected chi connectivity index (χ1v) is 6.46. The molecule has 17 heavy (non-hydrogen) atoms. The number of hydrogen-bond acceptors (Lipinski definition) is 2. The predicted molar refractivity (Wildman–Crippen MR) is 62.7 cm³/mol. The summed E-state index contributed by atoms with van der Waals surface area (Å²) in [5.41, 5.74) is 0. The van der Waals surface area contributed by atoms with Gasteiger partial charge in [0.25, 0.3) is 0 Å². The van der Waals surface area contributed by atoms with Crippen molar-refractivity contribution < 1.29 is 14.7 Å². The second-order valence-electron chi connectivity index (χ2n) is 5.03. The van der Waals surface area contributed by atoms with Crippen LogP contribution in [0.25, 0.3) is 0 Å². The number of rotatable bonds is 5. The molecule has 2 amide bonds. The van der Waals surface area contributed by atoms with E-state index < -0.39 is 12.1 Å². The molecule has 1 aliphatic carbocycles. The van der Waals surface area contributed by atoms with Crippen LogP contribution in [0.15, 0.2) is 0 Å². The van der Waals surface area contributed by atoms with E-state index in [1.54, 1.807) is 0 Å². The lowest BCUT2D eigenvalue weighted by atomic mass is 10.0. The summed E-state index contributed by atoms with van der Waals surface area (Å²) < 4.78 is 0. The lowest BCUT2D eigenvalue weighted by Gasteiger charge is -2.35. The largest absolute Gasteiger partial charge is 0.465 e. The van der Waals surface area contributed by atoms with Gasteiger partial charge in [-0.25, -0.2) is 4.79 Å². The van der Waals surface area contributed by atoms with Gasteiger partial charge in [-0.3, -0.25) is 9.69 Å². The van der Waals surface area contributed by atoms with E-state index in [0.717, 1.165) is 18.8 Å². The number of amides is 2. The fraction of sp³-hybridized carbons (Fsp3) is 0.833.